The quantitative estimate of drug-likeness (QED) is 0.933. The van der Waals surface area contributed by atoms with Gasteiger partial charge in [0.05, 0.1) is 0 Å². The third kappa shape index (κ3) is 4.05. The van der Waals surface area contributed by atoms with Gasteiger partial charge in [-0.05, 0) is 35.6 Å². The number of hydrogen-bond acceptors (Lipinski definition) is 3. The molecule has 0 unspecified atom stereocenters. The molecule has 25 heavy (non-hydrogen) atoms. The molecule has 1 N–H and O–H groups in total. The van der Waals surface area contributed by atoms with Crippen molar-refractivity contribution in [2.45, 2.75) is 26.8 Å². The number of nitrogens with one attached hydrogen (secondary N) is 1. The molecular weight excluding hydrogens is 314 g/mol. The van der Waals surface area contributed by atoms with Crippen LogP contribution in [-0.4, -0.2) is 34.8 Å². The van der Waals surface area contributed by atoms with Gasteiger partial charge in [0, 0.05) is 31.4 Å². The van der Waals surface area contributed by atoms with Gasteiger partial charge in [0.25, 0.3) is 11.8 Å². The molecule has 0 atom stereocenters. The maximum absolute atomic E-state index is 12.8. The van der Waals surface area contributed by atoms with Gasteiger partial charge >= 0.3 is 0 Å². The zero-order valence-corrected chi connectivity index (χ0v) is 14.7. The third-order valence-corrected chi connectivity index (χ3v) is 4.33. The molecule has 1 aromatic heterocycles. The maximum atomic E-state index is 12.8. The van der Waals surface area contributed by atoms with E-state index < -0.39 is 0 Å². The monoisotopic (exact) mass is 337 g/mol. The highest BCUT2D eigenvalue weighted by molar-refractivity contribution is 5.98. The van der Waals surface area contributed by atoms with Crippen molar-refractivity contribution < 1.29 is 9.59 Å². The molecule has 0 bridgehead atoms. The average Bonchev–Trinajstić information content (AvgIpc) is 2.65. The molecule has 2 aromatic rings. The van der Waals surface area contributed by atoms with Crippen LogP contribution in [0.5, 0.6) is 0 Å². The molecule has 1 aromatic carbocycles. The van der Waals surface area contributed by atoms with Crippen molar-refractivity contribution in [3.63, 3.8) is 0 Å². The number of benzene rings is 1. The first-order chi connectivity index (χ1) is 12.0. The molecule has 3 rings (SSSR count). The highest BCUT2D eigenvalue weighted by Crippen LogP contribution is 2.20. The Bertz CT molecular complexity index is 786. The van der Waals surface area contributed by atoms with Crippen LogP contribution in [0.1, 0.15) is 45.8 Å². The Kier molecular flexibility index (Phi) is 5.12. The molecule has 1 aliphatic heterocycles. The molecule has 0 spiro atoms. The summed E-state index contributed by atoms with van der Waals surface area (Å²) >= 11 is 0. The van der Waals surface area contributed by atoms with Gasteiger partial charge in [0.2, 0.25) is 0 Å². The highest BCUT2D eigenvalue weighted by atomic mass is 16.2. The maximum Gasteiger partial charge on any atom is 0.269 e. The fourth-order valence-electron chi connectivity index (χ4n) is 2.93. The minimum atomic E-state index is -0.243. The lowest BCUT2D eigenvalue weighted by molar-refractivity contribution is 0.0734. The molecular formula is C20H23N3O2. The van der Waals surface area contributed by atoms with Crippen LogP contribution >= 0.6 is 0 Å². The van der Waals surface area contributed by atoms with Crippen LogP contribution in [0.2, 0.25) is 0 Å². The Balaban J connectivity index is 1.73. The van der Waals surface area contributed by atoms with Crippen LogP contribution in [0.25, 0.3) is 0 Å². The van der Waals surface area contributed by atoms with Gasteiger partial charge in [-0.2, -0.15) is 0 Å². The first kappa shape index (κ1) is 17.1. The first-order valence-corrected chi connectivity index (χ1v) is 8.65. The van der Waals surface area contributed by atoms with E-state index in [4.69, 9.17) is 0 Å². The summed E-state index contributed by atoms with van der Waals surface area (Å²) in [5, 5.41) is 2.83. The molecule has 0 radical (unpaired) electrons. The minimum Gasteiger partial charge on any atom is -0.350 e. The van der Waals surface area contributed by atoms with Crippen molar-refractivity contribution >= 4 is 11.8 Å². The lowest BCUT2D eigenvalue weighted by Crippen LogP contribution is -2.36. The van der Waals surface area contributed by atoms with E-state index in [1.165, 1.54) is 17.3 Å². The van der Waals surface area contributed by atoms with E-state index >= 15 is 0 Å². The molecule has 2 heterocycles. The zero-order chi connectivity index (χ0) is 17.8. The number of aromatic nitrogens is 1. The molecule has 0 fully saturated rings. The Morgan fingerprint density at radius 1 is 1.20 bits per heavy atom. The predicted octanol–water partition coefficient (Wildman–Crippen LogP) is 2.67. The normalized spacial score (nSPS) is 13.5. The molecule has 1 aliphatic rings. The summed E-state index contributed by atoms with van der Waals surface area (Å²) in [6.45, 7) is 5.94. The van der Waals surface area contributed by atoms with Crippen molar-refractivity contribution in [3.8, 4) is 0 Å². The number of nitrogens with zero attached hydrogens (tertiary/aromatic N) is 2. The topological polar surface area (TPSA) is 62.3 Å². The van der Waals surface area contributed by atoms with E-state index in [1.807, 2.05) is 30.9 Å². The van der Waals surface area contributed by atoms with Crippen LogP contribution in [0.4, 0.5) is 0 Å². The summed E-state index contributed by atoms with van der Waals surface area (Å²) in [7, 11) is 0. The van der Waals surface area contributed by atoms with E-state index in [9.17, 15) is 9.59 Å². The Labute approximate surface area is 148 Å². The third-order valence-electron chi connectivity index (χ3n) is 4.33. The number of carbonyl (C=O) groups excluding carboxylic acids is 2. The summed E-state index contributed by atoms with van der Waals surface area (Å²) in [6, 6.07) is 11.4. The Morgan fingerprint density at radius 3 is 2.72 bits per heavy atom. The number of rotatable bonds is 4. The number of fused-ring (bicyclic) bond motifs is 1. The van der Waals surface area contributed by atoms with Crippen molar-refractivity contribution in [2.75, 3.05) is 13.1 Å². The number of hydrogen-bond donors (Lipinski definition) is 1. The van der Waals surface area contributed by atoms with Crippen LogP contribution < -0.4 is 5.32 Å². The fourth-order valence-corrected chi connectivity index (χ4v) is 2.93. The van der Waals surface area contributed by atoms with Crippen LogP contribution in [0, 0.1) is 5.92 Å². The molecule has 130 valence electrons. The second-order valence-electron chi connectivity index (χ2n) is 6.78. The molecule has 0 saturated carbocycles. The molecule has 5 nitrogen and oxygen atoms in total. The first-order valence-electron chi connectivity index (χ1n) is 8.65. The van der Waals surface area contributed by atoms with Crippen molar-refractivity contribution in [1.82, 2.24) is 15.2 Å². The summed E-state index contributed by atoms with van der Waals surface area (Å²) in [4.78, 5) is 30.9. The lowest BCUT2D eigenvalue weighted by Gasteiger charge is -2.29. The van der Waals surface area contributed by atoms with E-state index in [0.29, 0.717) is 31.1 Å². The van der Waals surface area contributed by atoms with Gasteiger partial charge in [0.15, 0.2) is 0 Å². The van der Waals surface area contributed by atoms with Gasteiger partial charge in [-0.25, -0.2) is 0 Å². The van der Waals surface area contributed by atoms with E-state index in [2.05, 4.69) is 22.4 Å². The van der Waals surface area contributed by atoms with E-state index in [-0.39, 0.29) is 17.5 Å². The predicted molar refractivity (Wildman–Crippen MR) is 96.3 cm³/mol. The summed E-state index contributed by atoms with van der Waals surface area (Å²) in [6.07, 6.45) is 2.38. The summed E-state index contributed by atoms with van der Waals surface area (Å²) < 4.78 is 0. The zero-order valence-electron chi connectivity index (χ0n) is 14.7. The minimum absolute atomic E-state index is 0.0604. The number of pyridine rings is 1. The average molecular weight is 337 g/mol. The van der Waals surface area contributed by atoms with Crippen molar-refractivity contribution in [2.24, 2.45) is 5.92 Å². The summed E-state index contributed by atoms with van der Waals surface area (Å²) in [5.41, 5.74) is 3.27. The molecule has 0 aliphatic carbocycles. The largest absolute Gasteiger partial charge is 0.350 e. The van der Waals surface area contributed by atoms with Crippen LogP contribution in [-0.2, 0) is 13.0 Å². The number of carbonyl (C=O) groups is 2. The van der Waals surface area contributed by atoms with Gasteiger partial charge in [-0.15, -0.1) is 0 Å². The Hall–Kier alpha value is -2.69. The van der Waals surface area contributed by atoms with Gasteiger partial charge in [-0.3, -0.25) is 14.6 Å². The van der Waals surface area contributed by atoms with Crippen molar-refractivity contribution in [3.05, 3.63) is 65.0 Å². The van der Waals surface area contributed by atoms with Gasteiger partial charge in [0.1, 0.15) is 5.69 Å². The van der Waals surface area contributed by atoms with Gasteiger partial charge in [-0.1, -0.05) is 38.1 Å². The van der Waals surface area contributed by atoms with Crippen LogP contribution in [0.15, 0.2) is 42.6 Å². The lowest BCUT2D eigenvalue weighted by atomic mass is 9.99. The van der Waals surface area contributed by atoms with Gasteiger partial charge < -0.3 is 10.2 Å². The fraction of sp³-hybridized carbons (Fsp3) is 0.350. The highest BCUT2D eigenvalue weighted by Gasteiger charge is 2.22. The standard InChI is InChI=1S/C20H23N3O2/c1-14(2)12-22-19(24)18-11-16(7-9-21-18)20(25)23-10-8-15-5-3-4-6-17(15)13-23/h3-7,9,11,14H,8,10,12-13H2,1-2H3,(H,22,24). The molecule has 0 saturated heterocycles. The van der Waals surface area contributed by atoms with E-state index in [1.54, 1.807) is 12.1 Å². The molecule has 5 heteroatoms. The second kappa shape index (κ2) is 7.47. The SMILES string of the molecule is CC(C)CNC(=O)c1cc(C(=O)N2CCc3ccccc3C2)ccn1. The van der Waals surface area contributed by atoms with E-state index in [0.717, 1.165) is 6.42 Å². The summed E-state index contributed by atoms with van der Waals surface area (Å²) in [5.74, 6) is 0.0596. The van der Waals surface area contributed by atoms with Crippen LogP contribution in [0.3, 0.4) is 0 Å². The number of amides is 2. The van der Waals surface area contributed by atoms with Crippen molar-refractivity contribution in [1.29, 1.82) is 0 Å². The smallest absolute Gasteiger partial charge is 0.269 e. The molecule has 2 amide bonds. The second-order valence-corrected chi connectivity index (χ2v) is 6.78. The Morgan fingerprint density at radius 2 is 1.96 bits per heavy atom.